The van der Waals surface area contributed by atoms with Crippen molar-refractivity contribution < 1.29 is 14.7 Å². The third-order valence-corrected chi connectivity index (χ3v) is 4.45. The molecule has 1 aromatic carbocycles. The normalized spacial score (nSPS) is 10.9. The number of carboxylic acids is 1. The summed E-state index contributed by atoms with van der Waals surface area (Å²) in [6.45, 7) is 7.90. The minimum absolute atomic E-state index is 0.172. The van der Waals surface area contributed by atoms with E-state index in [9.17, 15) is 9.59 Å². The number of carboxylic acid groups (broad SMARTS) is 1. The number of benzene rings is 1. The first-order valence-electron chi connectivity index (χ1n) is 8.91. The van der Waals surface area contributed by atoms with Crippen molar-refractivity contribution in [2.45, 2.75) is 40.8 Å². The Labute approximate surface area is 162 Å². The zero-order valence-corrected chi connectivity index (χ0v) is 16.4. The molecule has 2 heterocycles. The van der Waals surface area contributed by atoms with E-state index < -0.39 is 5.97 Å². The summed E-state index contributed by atoms with van der Waals surface area (Å²) >= 11 is 0. The molecule has 0 radical (unpaired) electrons. The molecule has 3 aromatic rings. The molecule has 0 aliphatic carbocycles. The molecule has 0 spiro atoms. The number of nitrogens with zero attached hydrogens (tertiary/aromatic N) is 4. The van der Waals surface area contributed by atoms with Crippen LogP contribution >= 0.6 is 0 Å². The van der Waals surface area contributed by atoms with Gasteiger partial charge in [0.25, 0.3) is 5.91 Å². The van der Waals surface area contributed by atoms with Crippen molar-refractivity contribution in [3.63, 3.8) is 0 Å². The average Bonchev–Trinajstić information content (AvgIpc) is 3.15. The lowest BCUT2D eigenvalue weighted by Gasteiger charge is -2.12. The number of carbonyl (C=O) groups is 2. The Balaban J connectivity index is 1.77. The molecule has 146 valence electrons. The summed E-state index contributed by atoms with van der Waals surface area (Å²) in [4.78, 5) is 23.4. The number of amides is 1. The molecular weight excluding hydrogens is 358 g/mol. The first-order valence-corrected chi connectivity index (χ1v) is 8.91. The second kappa shape index (κ2) is 7.67. The van der Waals surface area contributed by atoms with Crippen molar-refractivity contribution in [3.8, 4) is 5.69 Å². The van der Waals surface area contributed by atoms with Crippen molar-refractivity contribution in [1.82, 2.24) is 24.9 Å². The monoisotopic (exact) mass is 381 g/mol. The fraction of sp³-hybridized carbons (Fsp3) is 0.300. The summed E-state index contributed by atoms with van der Waals surface area (Å²) in [5.41, 5.74) is 6.28. The van der Waals surface area contributed by atoms with E-state index in [1.807, 2.05) is 19.9 Å². The van der Waals surface area contributed by atoms with E-state index >= 15 is 0 Å². The summed E-state index contributed by atoms with van der Waals surface area (Å²) in [6.07, 6.45) is 1.51. The van der Waals surface area contributed by atoms with Crippen molar-refractivity contribution in [1.29, 1.82) is 0 Å². The number of carbonyl (C=O) groups excluding carboxylic acids is 1. The van der Waals surface area contributed by atoms with E-state index in [-0.39, 0.29) is 19.0 Å². The van der Waals surface area contributed by atoms with Crippen LogP contribution in [0.5, 0.6) is 0 Å². The Bertz CT molecular complexity index is 1030. The van der Waals surface area contributed by atoms with Crippen LogP contribution < -0.4 is 5.32 Å². The molecule has 1 amide bonds. The second-order valence-electron chi connectivity index (χ2n) is 6.95. The van der Waals surface area contributed by atoms with Gasteiger partial charge in [-0.1, -0.05) is 11.3 Å². The largest absolute Gasteiger partial charge is 0.480 e. The minimum atomic E-state index is -1.00. The topological polar surface area (TPSA) is 102 Å². The van der Waals surface area contributed by atoms with Gasteiger partial charge < -0.3 is 15.0 Å². The molecule has 2 aromatic heterocycles. The molecule has 8 nitrogen and oxygen atoms in total. The SMILES string of the molecule is Cc1cc(C)cc(-n2c(C)cc(C(=O)NCc3cn(CC(=O)O)nn3)c2C)c1. The van der Waals surface area contributed by atoms with Gasteiger partial charge in [0.05, 0.1) is 18.3 Å². The highest BCUT2D eigenvalue weighted by molar-refractivity contribution is 5.95. The van der Waals surface area contributed by atoms with Crippen LogP contribution in [0.15, 0.2) is 30.5 Å². The summed E-state index contributed by atoms with van der Waals surface area (Å²) in [7, 11) is 0. The van der Waals surface area contributed by atoms with Crippen molar-refractivity contribution in [3.05, 3.63) is 64.2 Å². The third kappa shape index (κ3) is 4.11. The summed E-state index contributed by atoms with van der Waals surface area (Å²) in [5, 5.41) is 19.2. The Morgan fingerprint density at radius 3 is 2.39 bits per heavy atom. The predicted molar refractivity (Wildman–Crippen MR) is 104 cm³/mol. The van der Waals surface area contributed by atoms with E-state index in [4.69, 9.17) is 5.11 Å². The molecule has 8 heteroatoms. The van der Waals surface area contributed by atoms with Gasteiger partial charge in [-0.25, -0.2) is 4.68 Å². The van der Waals surface area contributed by atoms with Crippen molar-refractivity contribution in [2.24, 2.45) is 0 Å². The minimum Gasteiger partial charge on any atom is -0.480 e. The van der Waals surface area contributed by atoms with E-state index in [0.717, 1.165) is 28.2 Å². The first-order chi connectivity index (χ1) is 13.2. The van der Waals surface area contributed by atoms with E-state index in [1.165, 1.54) is 10.9 Å². The molecule has 28 heavy (non-hydrogen) atoms. The maximum atomic E-state index is 12.7. The first kappa shape index (κ1) is 19.3. The average molecular weight is 381 g/mol. The van der Waals surface area contributed by atoms with Gasteiger partial charge in [-0.2, -0.15) is 0 Å². The Morgan fingerprint density at radius 1 is 1.07 bits per heavy atom. The highest BCUT2D eigenvalue weighted by atomic mass is 16.4. The zero-order valence-electron chi connectivity index (χ0n) is 16.4. The van der Waals surface area contributed by atoms with Crippen LogP contribution in [0, 0.1) is 27.7 Å². The van der Waals surface area contributed by atoms with Gasteiger partial charge in [-0.05, 0) is 57.0 Å². The lowest BCUT2D eigenvalue weighted by Crippen LogP contribution is -2.23. The molecule has 0 saturated carbocycles. The fourth-order valence-corrected chi connectivity index (χ4v) is 3.37. The third-order valence-electron chi connectivity index (χ3n) is 4.45. The van der Waals surface area contributed by atoms with Crippen LogP contribution in [0.4, 0.5) is 0 Å². The molecule has 3 rings (SSSR count). The van der Waals surface area contributed by atoms with Gasteiger partial charge in [0, 0.05) is 17.1 Å². The van der Waals surface area contributed by atoms with Crippen LogP contribution in [0.3, 0.4) is 0 Å². The molecule has 0 fully saturated rings. The highest BCUT2D eigenvalue weighted by Crippen LogP contribution is 2.22. The molecule has 0 aliphatic heterocycles. The van der Waals surface area contributed by atoms with Gasteiger partial charge in [-0.3, -0.25) is 9.59 Å². The van der Waals surface area contributed by atoms with E-state index in [1.54, 1.807) is 0 Å². The Kier molecular flexibility index (Phi) is 5.30. The van der Waals surface area contributed by atoms with Crippen LogP contribution in [0.1, 0.15) is 38.6 Å². The predicted octanol–water partition coefficient (Wildman–Crippen LogP) is 2.32. The summed E-state index contributed by atoms with van der Waals surface area (Å²) in [6, 6.07) is 8.16. The van der Waals surface area contributed by atoms with Crippen LogP contribution in [-0.2, 0) is 17.9 Å². The number of aromatic nitrogens is 4. The second-order valence-corrected chi connectivity index (χ2v) is 6.95. The highest BCUT2D eigenvalue weighted by Gasteiger charge is 2.17. The number of hydrogen-bond acceptors (Lipinski definition) is 4. The maximum absolute atomic E-state index is 12.7. The van der Waals surface area contributed by atoms with E-state index in [2.05, 4.69) is 52.2 Å². The Morgan fingerprint density at radius 2 is 1.75 bits per heavy atom. The summed E-state index contributed by atoms with van der Waals surface area (Å²) < 4.78 is 3.29. The van der Waals surface area contributed by atoms with Crippen molar-refractivity contribution >= 4 is 11.9 Å². The van der Waals surface area contributed by atoms with Gasteiger partial charge in [0.1, 0.15) is 12.2 Å². The van der Waals surface area contributed by atoms with Crippen molar-refractivity contribution in [2.75, 3.05) is 0 Å². The maximum Gasteiger partial charge on any atom is 0.325 e. The fourth-order valence-electron chi connectivity index (χ4n) is 3.37. The Hall–Kier alpha value is -3.42. The van der Waals surface area contributed by atoms with Crippen LogP contribution in [0.25, 0.3) is 5.69 Å². The molecule has 0 saturated heterocycles. The molecule has 2 N–H and O–H groups in total. The van der Waals surface area contributed by atoms with Gasteiger partial charge in [0.15, 0.2) is 0 Å². The number of aryl methyl sites for hydroxylation is 3. The molecular formula is C20H23N5O3. The lowest BCUT2D eigenvalue weighted by molar-refractivity contribution is -0.137. The molecule has 0 unspecified atom stereocenters. The number of rotatable bonds is 6. The quantitative estimate of drug-likeness (QED) is 0.682. The molecule has 0 atom stereocenters. The zero-order chi connectivity index (χ0) is 20.4. The molecule has 0 aliphatic rings. The standard InChI is InChI=1S/C20H23N5O3/c1-12-5-13(2)7-17(6-12)25-14(3)8-18(15(25)4)20(28)21-9-16-10-24(23-22-16)11-19(26)27/h5-8,10H,9,11H2,1-4H3,(H,21,28)(H,26,27). The molecule has 0 bridgehead atoms. The number of aliphatic carboxylic acids is 1. The smallest absolute Gasteiger partial charge is 0.325 e. The lowest BCUT2D eigenvalue weighted by atomic mass is 10.1. The summed E-state index contributed by atoms with van der Waals surface area (Å²) in [5.74, 6) is -1.21. The number of hydrogen-bond donors (Lipinski definition) is 2. The van der Waals surface area contributed by atoms with Gasteiger partial charge >= 0.3 is 5.97 Å². The number of nitrogens with one attached hydrogen (secondary N) is 1. The van der Waals surface area contributed by atoms with Gasteiger partial charge in [0.2, 0.25) is 0 Å². The van der Waals surface area contributed by atoms with Crippen LogP contribution in [-0.4, -0.2) is 36.5 Å². The van der Waals surface area contributed by atoms with E-state index in [0.29, 0.717) is 11.3 Å². The van der Waals surface area contributed by atoms with Gasteiger partial charge in [-0.15, -0.1) is 5.10 Å². The van der Waals surface area contributed by atoms with Crippen LogP contribution in [0.2, 0.25) is 0 Å².